The third-order valence-electron chi connectivity index (χ3n) is 2.81. The average Bonchev–Trinajstić information content (AvgIpc) is 2.89. The summed E-state index contributed by atoms with van der Waals surface area (Å²) in [5.74, 6) is -0.154. The summed E-state index contributed by atoms with van der Waals surface area (Å²) in [6, 6.07) is 11.6. The lowest BCUT2D eigenvalue weighted by molar-refractivity contribution is -0.111. The molecule has 1 amide bonds. The van der Waals surface area contributed by atoms with Gasteiger partial charge in [-0.05, 0) is 64.7 Å². The third-order valence-corrected chi connectivity index (χ3v) is 4.40. The molecule has 3 nitrogen and oxygen atoms in total. The maximum absolute atomic E-state index is 11.9. The zero-order chi connectivity index (χ0) is 15.1. The number of carbonyl (C=O) groups excluding carboxylic acids is 1. The maximum Gasteiger partial charge on any atom is 0.248 e. The molecule has 2 N–H and O–H groups in total. The molecule has 1 aromatic heterocycles. The monoisotopic (exact) mass is 365 g/mol. The number of aliphatic hydroxyl groups excluding tert-OH is 1. The molecule has 5 heteroatoms. The molecule has 0 saturated heterocycles. The number of anilines is 1. The van der Waals surface area contributed by atoms with Crippen molar-refractivity contribution in [2.75, 3.05) is 11.9 Å². The minimum Gasteiger partial charge on any atom is -0.396 e. The minimum atomic E-state index is -0.154. The number of rotatable bonds is 6. The van der Waals surface area contributed by atoms with Crippen LogP contribution in [0.2, 0.25) is 0 Å². The zero-order valence-electron chi connectivity index (χ0n) is 11.4. The van der Waals surface area contributed by atoms with E-state index in [1.54, 1.807) is 17.4 Å². The predicted octanol–water partition coefficient (Wildman–Crippen LogP) is 4.09. The van der Waals surface area contributed by atoms with Crippen molar-refractivity contribution < 1.29 is 9.90 Å². The van der Waals surface area contributed by atoms with Gasteiger partial charge in [0.05, 0.1) is 3.79 Å². The van der Waals surface area contributed by atoms with E-state index in [9.17, 15) is 4.79 Å². The van der Waals surface area contributed by atoms with Crippen LogP contribution in [0.15, 0.2) is 46.3 Å². The second-order valence-electron chi connectivity index (χ2n) is 4.49. The Morgan fingerprint density at radius 1 is 1.33 bits per heavy atom. The Labute approximate surface area is 136 Å². The number of carbonyl (C=O) groups is 1. The van der Waals surface area contributed by atoms with Crippen LogP contribution in [-0.2, 0) is 11.2 Å². The molecule has 2 aromatic rings. The fourth-order valence-corrected chi connectivity index (χ4v) is 3.17. The summed E-state index contributed by atoms with van der Waals surface area (Å²) in [5, 5.41) is 11.7. The highest BCUT2D eigenvalue weighted by atomic mass is 79.9. The number of hydrogen-bond donors (Lipinski definition) is 2. The highest BCUT2D eigenvalue weighted by Crippen LogP contribution is 2.23. The molecule has 2 rings (SSSR count). The van der Waals surface area contributed by atoms with E-state index in [-0.39, 0.29) is 12.5 Å². The lowest BCUT2D eigenvalue weighted by Crippen LogP contribution is -2.07. The Balaban J connectivity index is 1.94. The molecule has 0 atom stereocenters. The number of hydrogen-bond acceptors (Lipinski definition) is 3. The number of nitrogens with one attached hydrogen (secondary N) is 1. The van der Waals surface area contributed by atoms with Gasteiger partial charge in [-0.1, -0.05) is 12.1 Å². The summed E-state index contributed by atoms with van der Waals surface area (Å²) in [6.45, 7) is 0.176. The smallest absolute Gasteiger partial charge is 0.248 e. The number of aryl methyl sites for hydroxylation is 1. The van der Waals surface area contributed by atoms with Gasteiger partial charge in [-0.3, -0.25) is 4.79 Å². The van der Waals surface area contributed by atoms with Crippen LogP contribution in [-0.4, -0.2) is 17.6 Å². The first kappa shape index (κ1) is 15.9. The van der Waals surface area contributed by atoms with Crippen LogP contribution in [0.5, 0.6) is 0 Å². The lowest BCUT2D eigenvalue weighted by Gasteiger charge is -2.05. The molecule has 0 unspecified atom stereocenters. The molecule has 0 radical (unpaired) electrons. The molecule has 0 spiro atoms. The first-order chi connectivity index (χ1) is 10.2. The van der Waals surface area contributed by atoms with Gasteiger partial charge in [-0.15, -0.1) is 11.3 Å². The van der Waals surface area contributed by atoms with Crippen LogP contribution in [0.3, 0.4) is 0 Å². The second-order valence-corrected chi connectivity index (χ2v) is 6.99. The van der Waals surface area contributed by atoms with Gasteiger partial charge >= 0.3 is 0 Å². The van der Waals surface area contributed by atoms with Gasteiger partial charge in [0, 0.05) is 23.2 Å². The van der Waals surface area contributed by atoms with Crippen molar-refractivity contribution in [3.63, 3.8) is 0 Å². The van der Waals surface area contributed by atoms with Gasteiger partial charge in [-0.25, -0.2) is 0 Å². The third kappa shape index (κ3) is 5.46. The Hall–Kier alpha value is -1.43. The Morgan fingerprint density at radius 3 is 2.90 bits per heavy atom. The molecule has 21 heavy (non-hydrogen) atoms. The van der Waals surface area contributed by atoms with Gasteiger partial charge in [0.1, 0.15) is 0 Å². The predicted molar refractivity (Wildman–Crippen MR) is 91.5 cm³/mol. The van der Waals surface area contributed by atoms with Crippen molar-refractivity contribution in [2.45, 2.75) is 12.8 Å². The normalized spacial score (nSPS) is 11.0. The summed E-state index contributed by atoms with van der Waals surface area (Å²) < 4.78 is 1.04. The molecule has 0 aliphatic carbocycles. The van der Waals surface area contributed by atoms with Crippen molar-refractivity contribution in [3.05, 3.63) is 56.7 Å². The molecule has 0 aliphatic rings. The summed E-state index contributed by atoms with van der Waals surface area (Å²) in [7, 11) is 0. The molecular weight excluding hydrogens is 350 g/mol. The zero-order valence-corrected chi connectivity index (χ0v) is 13.8. The second kappa shape index (κ2) is 8.12. The van der Waals surface area contributed by atoms with E-state index in [0.717, 1.165) is 32.8 Å². The highest BCUT2D eigenvalue weighted by Gasteiger charge is 2.00. The first-order valence-corrected chi connectivity index (χ1v) is 8.22. The van der Waals surface area contributed by atoms with Gasteiger partial charge in [-0.2, -0.15) is 0 Å². The van der Waals surface area contributed by atoms with Crippen LogP contribution >= 0.6 is 27.3 Å². The summed E-state index contributed by atoms with van der Waals surface area (Å²) in [4.78, 5) is 12.9. The van der Waals surface area contributed by atoms with E-state index < -0.39 is 0 Å². The van der Waals surface area contributed by atoms with Crippen molar-refractivity contribution in [3.8, 4) is 0 Å². The fraction of sp³-hybridized carbons (Fsp3) is 0.188. The Morgan fingerprint density at radius 2 is 2.19 bits per heavy atom. The van der Waals surface area contributed by atoms with E-state index in [1.807, 2.05) is 36.4 Å². The number of benzene rings is 1. The van der Waals surface area contributed by atoms with E-state index >= 15 is 0 Å². The number of halogens is 1. The summed E-state index contributed by atoms with van der Waals surface area (Å²) >= 11 is 4.96. The van der Waals surface area contributed by atoms with Crippen LogP contribution in [0.4, 0.5) is 5.69 Å². The Bertz CT molecular complexity index is 637. The van der Waals surface area contributed by atoms with E-state index in [0.29, 0.717) is 0 Å². The number of aliphatic hydroxyl groups is 1. The van der Waals surface area contributed by atoms with Crippen LogP contribution in [0.1, 0.15) is 16.9 Å². The van der Waals surface area contributed by atoms with E-state index in [4.69, 9.17) is 5.11 Å². The van der Waals surface area contributed by atoms with E-state index in [1.165, 1.54) is 6.08 Å². The summed E-state index contributed by atoms with van der Waals surface area (Å²) in [5.41, 5.74) is 1.88. The molecule has 0 bridgehead atoms. The van der Waals surface area contributed by atoms with Gasteiger partial charge in [0.25, 0.3) is 0 Å². The maximum atomic E-state index is 11.9. The van der Waals surface area contributed by atoms with Crippen LogP contribution < -0.4 is 5.32 Å². The number of thiophene rings is 1. The molecule has 1 heterocycles. The molecule has 0 saturated carbocycles. The molecule has 0 fully saturated rings. The van der Waals surface area contributed by atoms with Gasteiger partial charge < -0.3 is 10.4 Å². The standard InChI is InChI=1S/C16H16BrNO2S/c17-15-8-6-14(21-15)7-9-16(20)18-13-5-1-3-12(11-13)4-2-10-19/h1,3,5-9,11,19H,2,4,10H2,(H,18,20)/b9-7+. The largest absolute Gasteiger partial charge is 0.396 e. The Kier molecular flexibility index (Phi) is 6.17. The van der Waals surface area contributed by atoms with Crippen molar-refractivity contribution >= 4 is 44.9 Å². The topological polar surface area (TPSA) is 49.3 Å². The number of amides is 1. The summed E-state index contributed by atoms with van der Waals surface area (Å²) in [6.07, 6.45) is 4.85. The minimum absolute atomic E-state index is 0.154. The fourth-order valence-electron chi connectivity index (χ4n) is 1.85. The van der Waals surface area contributed by atoms with Crippen molar-refractivity contribution in [2.24, 2.45) is 0 Å². The first-order valence-electron chi connectivity index (χ1n) is 6.61. The van der Waals surface area contributed by atoms with Gasteiger partial charge in [0.15, 0.2) is 0 Å². The van der Waals surface area contributed by atoms with Crippen molar-refractivity contribution in [1.29, 1.82) is 0 Å². The van der Waals surface area contributed by atoms with Crippen LogP contribution in [0.25, 0.3) is 6.08 Å². The van der Waals surface area contributed by atoms with Crippen molar-refractivity contribution in [1.82, 2.24) is 0 Å². The average molecular weight is 366 g/mol. The highest BCUT2D eigenvalue weighted by molar-refractivity contribution is 9.11. The lowest BCUT2D eigenvalue weighted by atomic mass is 10.1. The van der Waals surface area contributed by atoms with Crippen LogP contribution in [0, 0.1) is 0 Å². The quantitative estimate of drug-likeness (QED) is 0.757. The molecule has 110 valence electrons. The molecule has 0 aliphatic heterocycles. The molecular formula is C16H16BrNO2S. The molecule has 1 aromatic carbocycles. The SMILES string of the molecule is O=C(/C=C/c1ccc(Br)s1)Nc1cccc(CCCO)c1. The van der Waals surface area contributed by atoms with Gasteiger partial charge in [0.2, 0.25) is 5.91 Å². The van der Waals surface area contributed by atoms with E-state index in [2.05, 4.69) is 21.2 Å².